The van der Waals surface area contributed by atoms with Crippen LogP contribution in [0.15, 0.2) is 12.3 Å². The van der Waals surface area contributed by atoms with Gasteiger partial charge in [0.25, 0.3) is 0 Å². The number of nitriles is 1. The Bertz CT molecular complexity index is 361. The topological polar surface area (TPSA) is 48.7 Å². The third-order valence-electron chi connectivity index (χ3n) is 2.06. The van der Waals surface area contributed by atoms with E-state index in [1.807, 2.05) is 13.0 Å². The fraction of sp³-hybridized carbons (Fsp3) is 0.400. The van der Waals surface area contributed by atoms with E-state index in [1.54, 1.807) is 6.20 Å². The van der Waals surface area contributed by atoms with E-state index in [0.717, 1.165) is 11.4 Å². The van der Waals surface area contributed by atoms with Crippen molar-refractivity contribution >= 4 is 5.82 Å². The summed E-state index contributed by atoms with van der Waals surface area (Å²) < 4.78 is 0. The third kappa shape index (κ3) is 1.78. The quantitative estimate of drug-likeness (QED) is 0.742. The molecule has 1 saturated carbocycles. The molecule has 0 bridgehead atoms. The van der Waals surface area contributed by atoms with Gasteiger partial charge in [-0.1, -0.05) is 0 Å². The molecule has 13 heavy (non-hydrogen) atoms. The Kier molecular flexibility index (Phi) is 1.90. The number of nitrogens with zero attached hydrogens (tertiary/aromatic N) is 2. The Hall–Kier alpha value is -1.56. The first-order valence-electron chi connectivity index (χ1n) is 4.43. The minimum absolute atomic E-state index is 0.544. The van der Waals surface area contributed by atoms with Crippen LogP contribution in [0.25, 0.3) is 0 Å². The van der Waals surface area contributed by atoms with Crippen LogP contribution in [0.1, 0.15) is 24.0 Å². The highest BCUT2D eigenvalue weighted by molar-refractivity contribution is 5.53. The van der Waals surface area contributed by atoms with E-state index >= 15 is 0 Å². The monoisotopic (exact) mass is 173 g/mol. The van der Waals surface area contributed by atoms with E-state index in [4.69, 9.17) is 5.26 Å². The molecule has 2 rings (SSSR count). The average molecular weight is 173 g/mol. The normalized spacial score (nSPS) is 15.1. The Balaban J connectivity index is 2.27. The van der Waals surface area contributed by atoms with E-state index in [9.17, 15) is 0 Å². The maximum Gasteiger partial charge on any atom is 0.144 e. The van der Waals surface area contributed by atoms with Gasteiger partial charge in [-0.25, -0.2) is 4.98 Å². The molecule has 0 saturated heterocycles. The number of hydrogen-bond donors (Lipinski definition) is 1. The van der Waals surface area contributed by atoms with Crippen molar-refractivity contribution in [3.63, 3.8) is 0 Å². The molecule has 1 N–H and O–H groups in total. The van der Waals surface area contributed by atoms with Crippen LogP contribution in [0.4, 0.5) is 5.82 Å². The number of rotatable bonds is 2. The Morgan fingerprint density at radius 3 is 3.00 bits per heavy atom. The van der Waals surface area contributed by atoms with Crippen LogP contribution in [0.2, 0.25) is 0 Å². The maximum atomic E-state index is 8.85. The molecule has 66 valence electrons. The number of hydrogen-bond acceptors (Lipinski definition) is 3. The van der Waals surface area contributed by atoms with Gasteiger partial charge in [0, 0.05) is 12.2 Å². The fourth-order valence-corrected chi connectivity index (χ4v) is 1.19. The highest BCUT2D eigenvalue weighted by Gasteiger charge is 2.22. The number of nitrogens with one attached hydrogen (secondary N) is 1. The van der Waals surface area contributed by atoms with Gasteiger partial charge in [0.1, 0.15) is 11.9 Å². The SMILES string of the molecule is Cc1cnc(NC2CC2)c(C#N)c1. The van der Waals surface area contributed by atoms with Crippen LogP contribution < -0.4 is 5.32 Å². The minimum Gasteiger partial charge on any atom is -0.366 e. The molecule has 0 aromatic carbocycles. The minimum atomic E-state index is 0.544. The van der Waals surface area contributed by atoms with Crippen LogP contribution >= 0.6 is 0 Å². The standard InChI is InChI=1S/C10H11N3/c1-7-4-8(5-11)10(12-6-7)13-9-2-3-9/h4,6,9H,2-3H2,1H3,(H,12,13). The van der Waals surface area contributed by atoms with Crippen molar-refractivity contribution in [1.82, 2.24) is 4.98 Å². The highest BCUT2D eigenvalue weighted by Crippen LogP contribution is 2.25. The molecule has 0 aliphatic heterocycles. The third-order valence-corrected chi connectivity index (χ3v) is 2.06. The highest BCUT2D eigenvalue weighted by atomic mass is 15.0. The summed E-state index contributed by atoms with van der Waals surface area (Å²) in [5.41, 5.74) is 1.67. The molecule has 0 unspecified atom stereocenters. The van der Waals surface area contributed by atoms with Gasteiger partial charge < -0.3 is 5.32 Å². The lowest BCUT2D eigenvalue weighted by Gasteiger charge is -2.05. The molecule has 0 spiro atoms. The first kappa shape index (κ1) is 8.06. The number of aromatic nitrogens is 1. The van der Waals surface area contributed by atoms with Gasteiger partial charge in [-0.3, -0.25) is 0 Å². The molecule has 1 aromatic heterocycles. The Morgan fingerprint density at radius 2 is 2.38 bits per heavy atom. The van der Waals surface area contributed by atoms with E-state index < -0.39 is 0 Å². The van der Waals surface area contributed by atoms with Gasteiger partial charge in [-0.15, -0.1) is 0 Å². The summed E-state index contributed by atoms with van der Waals surface area (Å²) in [6.07, 6.45) is 4.17. The zero-order chi connectivity index (χ0) is 9.26. The van der Waals surface area contributed by atoms with Gasteiger partial charge in [0.05, 0.1) is 5.56 Å². The molecule has 3 nitrogen and oxygen atoms in total. The van der Waals surface area contributed by atoms with Crippen LogP contribution in [0, 0.1) is 18.3 Å². The van der Waals surface area contributed by atoms with Crippen molar-refractivity contribution in [3.8, 4) is 6.07 Å². The van der Waals surface area contributed by atoms with Crippen LogP contribution in [-0.4, -0.2) is 11.0 Å². The molecule has 0 atom stereocenters. The lowest BCUT2D eigenvalue weighted by atomic mass is 10.2. The molecule has 3 heteroatoms. The van der Waals surface area contributed by atoms with E-state index in [2.05, 4.69) is 16.4 Å². The number of pyridine rings is 1. The second kappa shape index (κ2) is 3.06. The van der Waals surface area contributed by atoms with E-state index in [0.29, 0.717) is 11.6 Å². The molecule has 0 radical (unpaired) electrons. The van der Waals surface area contributed by atoms with Crippen molar-refractivity contribution in [1.29, 1.82) is 5.26 Å². The number of aryl methyl sites for hydroxylation is 1. The van der Waals surface area contributed by atoms with Crippen LogP contribution in [-0.2, 0) is 0 Å². The molecule has 1 aliphatic carbocycles. The van der Waals surface area contributed by atoms with Gasteiger partial charge in [0.2, 0.25) is 0 Å². The van der Waals surface area contributed by atoms with Crippen molar-refractivity contribution in [2.45, 2.75) is 25.8 Å². The first-order valence-corrected chi connectivity index (χ1v) is 4.43. The van der Waals surface area contributed by atoms with Gasteiger partial charge in [0.15, 0.2) is 0 Å². The summed E-state index contributed by atoms with van der Waals surface area (Å²) in [7, 11) is 0. The summed E-state index contributed by atoms with van der Waals surface area (Å²) in [6.45, 7) is 1.94. The summed E-state index contributed by atoms with van der Waals surface area (Å²) in [6, 6.07) is 4.55. The molecule has 1 aromatic rings. The predicted octanol–water partition coefficient (Wildman–Crippen LogP) is 1.84. The van der Waals surface area contributed by atoms with Gasteiger partial charge >= 0.3 is 0 Å². The fourth-order valence-electron chi connectivity index (χ4n) is 1.19. The molecule has 1 fully saturated rings. The zero-order valence-electron chi connectivity index (χ0n) is 7.54. The zero-order valence-corrected chi connectivity index (χ0v) is 7.54. The lowest BCUT2D eigenvalue weighted by Crippen LogP contribution is -2.05. The molecule has 1 heterocycles. The van der Waals surface area contributed by atoms with Crippen molar-refractivity contribution in [3.05, 3.63) is 23.4 Å². The molecule has 1 aliphatic rings. The lowest BCUT2D eigenvalue weighted by molar-refractivity contribution is 1.10. The van der Waals surface area contributed by atoms with Gasteiger partial charge in [-0.2, -0.15) is 5.26 Å². The average Bonchev–Trinajstić information content (AvgIpc) is 2.92. The van der Waals surface area contributed by atoms with Crippen molar-refractivity contribution < 1.29 is 0 Å². The van der Waals surface area contributed by atoms with Crippen LogP contribution in [0.5, 0.6) is 0 Å². The van der Waals surface area contributed by atoms with Gasteiger partial charge in [-0.05, 0) is 31.4 Å². The summed E-state index contributed by atoms with van der Waals surface area (Å²) >= 11 is 0. The molecule has 0 amide bonds. The summed E-state index contributed by atoms with van der Waals surface area (Å²) in [4.78, 5) is 4.20. The first-order chi connectivity index (χ1) is 6.29. The summed E-state index contributed by atoms with van der Waals surface area (Å²) in [5, 5.41) is 12.1. The second-order valence-electron chi connectivity index (χ2n) is 3.44. The molecular formula is C10H11N3. The van der Waals surface area contributed by atoms with Crippen molar-refractivity contribution in [2.24, 2.45) is 0 Å². The Morgan fingerprint density at radius 1 is 1.62 bits per heavy atom. The molecular weight excluding hydrogens is 162 g/mol. The number of anilines is 1. The van der Waals surface area contributed by atoms with Crippen LogP contribution in [0.3, 0.4) is 0 Å². The van der Waals surface area contributed by atoms with Crippen molar-refractivity contribution in [2.75, 3.05) is 5.32 Å². The smallest absolute Gasteiger partial charge is 0.144 e. The second-order valence-corrected chi connectivity index (χ2v) is 3.44. The van der Waals surface area contributed by atoms with E-state index in [-0.39, 0.29) is 0 Å². The Labute approximate surface area is 77.4 Å². The largest absolute Gasteiger partial charge is 0.366 e. The van der Waals surface area contributed by atoms with E-state index in [1.165, 1.54) is 12.8 Å². The predicted molar refractivity (Wildman–Crippen MR) is 50.3 cm³/mol. The maximum absolute atomic E-state index is 8.85. The summed E-state index contributed by atoms with van der Waals surface area (Å²) in [5.74, 6) is 0.732.